The largest absolute Gasteiger partial charge is 0.356 e. The third kappa shape index (κ3) is 5.82. The van der Waals surface area contributed by atoms with Gasteiger partial charge in [0.15, 0.2) is 0 Å². The van der Waals surface area contributed by atoms with Crippen molar-refractivity contribution in [1.29, 1.82) is 0 Å². The van der Waals surface area contributed by atoms with Gasteiger partial charge in [-0.15, -0.1) is 0 Å². The normalized spacial score (nSPS) is 10.8. The average Bonchev–Trinajstić information content (AvgIpc) is 2.90. The number of aryl methyl sites for hydroxylation is 1. The van der Waals surface area contributed by atoms with Crippen molar-refractivity contribution in [2.45, 2.75) is 33.1 Å². The molecule has 0 aliphatic rings. The lowest BCUT2D eigenvalue weighted by Crippen LogP contribution is -2.30. The van der Waals surface area contributed by atoms with Gasteiger partial charge in [-0.25, -0.2) is 4.98 Å². The van der Waals surface area contributed by atoms with Crippen molar-refractivity contribution in [2.75, 3.05) is 26.2 Å². The second kappa shape index (κ2) is 8.69. The van der Waals surface area contributed by atoms with E-state index in [1.54, 1.807) is 12.4 Å². The highest BCUT2D eigenvalue weighted by Crippen LogP contribution is 1.95. The Labute approximate surface area is 109 Å². The van der Waals surface area contributed by atoms with Crippen LogP contribution in [-0.2, 0) is 11.2 Å². The van der Waals surface area contributed by atoms with Gasteiger partial charge in [0.25, 0.3) is 0 Å². The van der Waals surface area contributed by atoms with Gasteiger partial charge in [-0.2, -0.15) is 0 Å². The first-order valence-electron chi connectivity index (χ1n) is 6.73. The maximum atomic E-state index is 11.6. The third-order valence-electron chi connectivity index (χ3n) is 3.01. The average molecular weight is 252 g/mol. The van der Waals surface area contributed by atoms with Crippen LogP contribution in [0, 0.1) is 0 Å². The van der Waals surface area contributed by atoms with Crippen molar-refractivity contribution >= 4 is 5.91 Å². The van der Waals surface area contributed by atoms with E-state index in [1.807, 2.05) is 0 Å². The number of rotatable bonds is 9. The van der Waals surface area contributed by atoms with Gasteiger partial charge in [0.05, 0.1) is 0 Å². The highest BCUT2D eigenvalue weighted by molar-refractivity contribution is 5.75. The summed E-state index contributed by atoms with van der Waals surface area (Å²) in [5.74, 6) is 0.972. The molecule has 0 spiro atoms. The van der Waals surface area contributed by atoms with Gasteiger partial charge < -0.3 is 15.2 Å². The van der Waals surface area contributed by atoms with Crippen molar-refractivity contribution in [3.05, 3.63) is 18.2 Å². The number of hydrogen-bond acceptors (Lipinski definition) is 3. The minimum atomic E-state index is 0.103. The van der Waals surface area contributed by atoms with E-state index >= 15 is 0 Å². The molecule has 0 aliphatic heterocycles. The summed E-state index contributed by atoms with van der Waals surface area (Å²) < 4.78 is 0. The molecule has 1 heterocycles. The summed E-state index contributed by atoms with van der Waals surface area (Å²) in [6, 6.07) is 0. The molecule has 2 N–H and O–H groups in total. The van der Waals surface area contributed by atoms with E-state index < -0.39 is 0 Å². The number of carbonyl (C=O) groups excluding carboxylic acids is 1. The van der Waals surface area contributed by atoms with E-state index in [2.05, 4.69) is 34.0 Å². The van der Waals surface area contributed by atoms with Crippen LogP contribution in [0.2, 0.25) is 0 Å². The lowest BCUT2D eigenvalue weighted by atomic mass is 10.3. The van der Waals surface area contributed by atoms with Crippen LogP contribution in [0.3, 0.4) is 0 Å². The molecule has 5 nitrogen and oxygen atoms in total. The number of carbonyl (C=O) groups is 1. The molecular formula is C13H24N4O. The molecule has 1 rings (SSSR count). The molecule has 0 fully saturated rings. The van der Waals surface area contributed by atoms with Crippen molar-refractivity contribution in [3.8, 4) is 0 Å². The fourth-order valence-electron chi connectivity index (χ4n) is 1.83. The van der Waals surface area contributed by atoms with Crippen LogP contribution < -0.4 is 5.32 Å². The van der Waals surface area contributed by atoms with E-state index in [9.17, 15) is 4.79 Å². The lowest BCUT2D eigenvalue weighted by molar-refractivity contribution is -0.121. The summed E-state index contributed by atoms with van der Waals surface area (Å²) >= 11 is 0. The van der Waals surface area contributed by atoms with Crippen LogP contribution in [0.15, 0.2) is 12.4 Å². The Morgan fingerprint density at radius 3 is 2.83 bits per heavy atom. The Balaban J connectivity index is 2.03. The SMILES string of the molecule is CCN(CC)CCCNC(=O)CCc1ncc[nH]1. The predicted molar refractivity (Wildman–Crippen MR) is 72.3 cm³/mol. The number of aromatic nitrogens is 2. The number of imidazole rings is 1. The number of nitrogens with zero attached hydrogens (tertiary/aromatic N) is 2. The minimum Gasteiger partial charge on any atom is -0.356 e. The monoisotopic (exact) mass is 252 g/mol. The maximum Gasteiger partial charge on any atom is 0.220 e. The first kappa shape index (κ1) is 14.7. The van der Waals surface area contributed by atoms with Crippen LogP contribution >= 0.6 is 0 Å². The molecule has 1 aromatic heterocycles. The molecule has 0 bridgehead atoms. The van der Waals surface area contributed by atoms with Gasteiger partial charge >= 0.3 is 0 Å². The topological polar surface area (TPSA) is 61.0 Å². The Kier molecular flexibility index (Phi) is 7.10. The number of amides is 1. The fraction of sp³-hybridized carbons (Fsp3) is 0.692. The molecule has 0 saturated carbocycles. The summed E-state index contributed by atoms with van der Waals surface area (Å²) in [7, 11) is 0. The number of H-pyrrole nitrogens is 1. The van der Waals surface area contributed by atoms with Gasteiger partial charge in [-0.3, -0.25) is 4.79 Å². The first-order valence-corrected chi connectivity index (χ1v) is 6.73. The third-order valence-corrected chi connectivity index (χ3v) is 3.01. The Morgan fingerprint density at radius 1 is 1.44 bits per heavy atom. The molecule has 0 unspecified atom stereocenters. The van der Waals surface area contributed by atoms with Gasteiger partial charge in [0.2, 0.25) is 5.91 Å². The lowest BCUT2D eigenvalue weighted by Gasteiger charge is -2.17. The molecule has 102 valence electrons. The zero-order valence-corrected chi connectivity index (χ0v) is 11.4. The van der Waals surface area contributed by atoms with E-state index in [1.165, 1.54) is 0 Å². The number of nitrogens with one attached hydrogen (secondary N) is 2. The van der Waals surface area contributed by atoms with Gasteiger partial charge in [-0.05, 0) is 26.1 Å². The fourth-order valence-corrected chi connectivity index (χ4v) is 1.83. The standard InChI is InChI=1S/C13H24N4O/c1-3-17(4-2)11-5-8-16-13(18)7-6-12-14-9-10-15-12/h9-10H,3-8,11H2,1-2H3,(H,14,15)(H,16,18). The predicted octanol–water partition coefficient (Wildman–Crippen LogP) is 1.19. The Hall–Kier alpha value is -1.36. The Morgan fingerprint density at radius 2 is 2.22 bits per heavy atom. The van der Waals surface area contributed by atoms with Crippen LogP contribution in [0.4, 0.5) is 0 Å². The molecule has 0 radical (unpaired) electrons. The van der Waals surface area contributed by atoms with Gasteiger partial charge in [-0.1, -0.05) is 13.8 Å². The van der Waals surface area contributed by atoms with Crippen molar-refractivity contribution in [2.24, 2.45) is 0 Å². The van der Waals surface area contributed by atoms with Gasteiger partial charge in [0.1, 0.15) is 5.82 Å². The molecule has 1 amide bonds. The number of hydrogen-bond donors (Lipinski definition) is 2. The molecule has 1 aromatic rings. The highest BCUT2D eigenvalue weighted by atomic mass is 16.1. The summed E-state index contributed by atoms with van der Waals surface area (Å²) in [5, 5.41) is 2.94. The molecule has 0 atom stereocenters. The molecule has 5 heteroatoms. The molecule has 0 saturated heterocycles. The van der Waals surface area contributed by atoms with Gasteiger partial charge in [0, 0.05) is 31.8 Å². The van der Waals surface area contributed by atoms with Crippen LogP contribution in [0.5, 0.6) is 0 Å². The minimum absolute atomic E-state index is 0.103. The van der Waals surface area contributed by atoms with Crippen molar-refractivity contribution in [3.63, 3.8) is 0 Å². The van der Waals surface area contributed by atoms with Crippen LogP contribution in [0.1, 0.15) is 32.5 Å². The summed E-state index contributed by atoms with van der Waals surface area (Å²) in [6.45, 7) is 8.27. The molecule has 0 aromatic carbocycles. The molecule has 0 aliphatic carbocycles. The highest BCUT2D eigenvalue weighted by Gasteiger charge is 2.03. The zero-order chi connectivity index (χ0) is 13.2. The van der Waals surface area contributed by atoms with Crippen molar-refractivity contribution < 1.29 is 4.79 Å². The summed E-state index contributed by atoms with van der Waals surface area (Å²) in [6.07, 6.45) is 5.66. The smallest absolute Gasteiger partial charge is 0.220 e. The van der Waals surface area contributed by atoms with E-state index in [0.717, 1.165) is 38.4 Å². The van der Waals surface area contributed by atoms with E-state index in [0.29, 0.717) is 12.8 Å². The summed E-state index contributed by atoms with van der Waals surface area (Å²) in [4.78, 5) is 21.0. The Bertz CT molecular complexity index is 320. The summed E-state index contributed by atoms with van der Waals surface area (Å²) in [5.41, 5.74) is 0. The van der Waals surface area contributed by atoms with Crippen molar-refractivity contribution in [1.82, 2.24) is 20.2 Å². The second-order valence-corrected chi connectivity index (χ2v) is 4.27. The zero-order valence-electron chi connectivity index (χ0n) is 11.4. The molecular weight excluding hydrogens is 228 g/mol. The van der Waals surface area contributed by atoms with E-state index in [-0.39, 0.29) is 5.91 Å². The first-order chi connectivity index (χ1) is 8.76. The second-order valence-electron chi connectivity index (χ2n) is 4.27. The number of aromatic amines is 1. The maximum absolute atomic E-state index is 11.6. The van der Waals surface area contributed by atoms with Crippen LogP contribution in [-0.4, -0.2) is 47.0 Å². The van der Waals surface area contributed by atoms with E-state index in [4.69, 9.17) is 0 Å². The molecule has 18 heavy (non-hydrogen) atoms. The quantitative estimate of drug-likeness (QED) is 0.649. The van der Waals surface area contributed by atoms with Crippen LogP contribution in [0.25, 0.3) is 0 Å².